The van der Waals surface area contributed by atoms with Crippen molar-refractivity contribution in [3.05, 3.63) is 97.1 Å². The molecule has 0 N–H and O–H groups in total. The van der Waals surface area contributed by atoms with Gasteiger partial charge in [0.05, 0.1) is 17.1 Å². The summed E-state index contributed by atoms with van der Waals surface area (Å²) in [6.45, 7) is 0.953. The highest BCUT2D eigenvalue weighted by Crippen LogP contribution is 2.51. The van der Waals surface area contributed by atoms with Gasteiger partial charge in [0.25, 0.3) is 0 Å². The first-order valence-corrected chi connectivity index (χ1v) is 12.6. The highest BCUT2D eigenvalue weighted by molar-refractivity contribution is 5.81. The molecule has 0 spiro atoms. The summed E-state index contributed by atoms with van der Waals surface area (Å²) in [4.78, 5) is 14.0. The van der Waals surface area contributed by atoms with Crippen LogP contribution in [-0.2, 0) is 6.54 Å². The molecule has 0 saturated carbocycles. The van der Waals surface area contributed by atoms with E-state index < -0.39 is 0 Å². The molecule has 5 heteroatoms. The SMILES string of the molecule is c1ccc(CN2[C@@H]3CC[C@H]2C[C@@H](N2c4ccccc4Oc4cc(-c5ccncc5)ccc42)C3)nc1. The quantitative estimate of drug-likeness (QED) is 0.344. The van der Waals surface area contributed by atoms with Crippen LogP contribution in [0.5, 0.6) is 11.5 Å². The Balaban J connectivity index is 1.22. The molecule has 7 rings (SSSR count). The number of benzene rings is 2. The Bertz CT molecular complexity index is 1330. The zero-order chi connectivity index (χ0) is 23.2. The Morgan fingerprint density at radius 2 is 1.49 bits per heavy atom. The average molecular weight is 461 g/mol. The van der Waals surface area contributed by atoms with E-state index in [0.29, 0.717) is 18.1 Å². The first-order chi connectivity index (χ1) is 17.3. The van der Waals surface area contributed by atoms with E-state index in [1.807, 2.05) is 36.8 Å². The average Bonchev–Trinajstić information content (AvgIpc) is 3.14. The summed E-state index contributed by atoms with van der Waals surface area (Å²) in [5.74, 6) is 1.87. The summed E-state index contributed by atoms with van der Waals surface area (Å²) < 4.78 is 6.45. The first-order valence-electron chi connectivity index (χ1n) is 12.6. The smallest absolute Gasteiger partial charge is 0.151 e. The first kappa shape index (κ1) is 20.7. The number of fused-ring (bicyclic) bond motifs is 4. The summed E-state index contributed by atoms with van der Waals surface area (Å²) in [5, 5.41) is 0. The van der Waals surface area contributed by atoms with Crippen molar-refractivity contribution >= 4 is 11.4 Å². The van der Waals surface area contributed by atoms with Crippen LogP contribution in [0.2, 0.25) is 0 Å². The molecule has 5 heterocycles. The van der Waals surface area contributed by atoms with Crippen LogP contribution in [0.1, 0.15) is 31.4 Å². The molecule has 2 aromatic carbocycles. The lowest BCUT2D eigenvalue weighted by Gasteiger charge is -2.46. The van der Waals surface area contributed by atoms with Crippen LogP contribution in [-0.4, -0.2) is 33.0 Å². The number of hydrogen-bond acceptors (Lipinski definition) is 5. The van der Waals surface area contributed by atoms with Crippen LogP contribution in [0.3, 0.4) is 0 Å². The van der Waals surface area contributed by atoms with Crippen molar-refractivity contribution in [1.82, 2.24) is 14.9 Å². The molecule has 3 aliphatic heterocycles. The zero-order valence-electron chi connectivity index (χ0n) is 19.6. The van der Waals surface area contributed by atoms with Gasteiger partial charge in [-0.2, -0.15) is 0 Å². The largest absolute Gasteiger partial charge is 0.453 e. The molecule has 174 valence electrons. The fourth-order valence-corrected chi connectivity index (χ4v) is 6.30. The minimum Gasteiger partial charge on any atom is -0.453 e. The van der Waals surface area contributed by atoms with Gasteiger partial charge in [-0.1, -0.05) is 24.3 Å². The molecule has 35 heavy (non-hydrogen) atoms. The van der Waals surface area contributed by atoms with Gasteiger partial charge in [0.1, 0.15) is 0 Å². The van der Waals surface area contributed by atoms with Gasteiger partial charge in [0.2, 0.25) is 0 Å². The van der Waals surface area contributed by atoms with Crippen LogP contribution in [0.15, 0.2) is 91.4 Å². The van der Waals surface area contributed by atoms with Gasteiger partial charge in [0, 0.05) is 43.3 Å². The Morgan fingerprint density at radius 1 is 0.714 bits per heavy atom. The minimum atomic E-state index is 0.447. The minimum absolute atomic E-state index is 0.447. The van der Waals surface area contributed by atoms with Gasteiger partial charge in [-0.3, -0.25) is 14.9 Å². The molecular formula is C30H28N4O. The molecule has 2 fully saturated rings. The Hall–Kier alpha value is -3.70. The monoisotopic (exact) mass is 460 g/mol. The molecule has 0 amide bonds. The fourth-order valence-electron chi connectivity index (χ4n) is 6.30. The van der Waals surface area contributed by atoms with E-state index in [4.69, 9.17) is 4.74 Å². The van der Waals surface area contributed by atoms with E-state index in [2.05, 4.69) is 74.4 Å². The Kier molecular flexibility index (Phi) is 5.02. The molecule has 2 aromatic heterocycles. The molecule has 4 aromatic rings. The number of hydrogen-bond donors (Lipinski definition) is 0. The van der Waals surface area contributed by atoms with Gasteiger partial charge >= 0.3 is 0 Å². The van der Waals surface area contributed by atoms with Crippen molar-refractivity contribution < 1.29 is 4.74 Å². The van der Waals surface area contributed by atoms with E-state index in [1.54, 1.807) is 0 Å². The zero-order valence-corrected chi connectivity index (χ0v) is 19.6. The number of rotatable bonds is 4. The lowest BCUT2D eigenvalue weighted by Crippen LogP contribution is -2.49. The molecule has 5 nitrogen and oxygen atoms in total. The summed E-state index contributed by atoms with van der Waals surface area (Å²) in [6.07, 6.45) is 10.4. The van der Waals surface area contributed by atoms with E-state index in [1.165, 1.54) is 29.9 Å². The number of pyridine rings is 2. The predicted molar refractivity (Wildman–Crippen MR) is 138 cm³/mol. The van der Waals surface area contributed by atoms with E-state index in [9.17, 15) is 0 Å². The van der Waals surface area contributed by atoms with Crippen LogP contribution in [0, 0.1) is 0 Å². The second kappa shape index (κ2) is 8.51. The number of anilines is 2. The third kappa shape index (κ3) is 3.67. The lowest BCUT2D eigenvalue weighted by atomic mass is 9.93. The second-order valence-corrected chi connectivity index (χ2v) is 9.86. The molecule has 2 bridgehead atoms. The van der Waals surface area contributed by atoms with Crippen LogP contribution in [0.25, 0.3) is 11.1 Å². The van der Waals surface area contributed by atoms with Gasteiger partial charge in [-0.15, -0.1) is 0 Å². The molecular weight excluding hydrogens is 432 g/mol. The van der Waals surface area contributed by atoms with Crippen molar-refractivity contribution in [2.24, 2.45) is 0 Å². The molecule has 0 aliphatic carbocycles. The number of para-hydroxylation sites is 2. The van der Waals surface area contributed by atoms with Crippen LogP contribution in [0.4, 0.5) is 11.4 Å². The molecule has 0 radical (unpaired) electrons. The Morgan fingerprint density at radius 3 is 2.29 bits per heavy atom. The highest BCUT2D eigenvalue weighted by atomic mass is 16.5. The van der Waals surface area contributed by atoms with Crippen molar-refractivity contribution in [3.8, 4) is 22.6 Å². The van der Waals surface area contributed by atoms with E-state index in [-0.39, 0.29) is 0 Å². The second-order valence-electron chi connectivity index (χ2n) is 9.86. The van der Waals surface area contributed by atoms with Gasteiger partial charge < -0.3 is 9.64 Å². The van der Waals surface area contributed by atoms with Gasteiger partial charge in [-0.05, 0) is 85.3 Å². The maximum absolute atomic E-state index is 6.45. The lowest BCUT2D eigenvalue weighted by molar-refractivity contribution is 0.118. The molecule has 0 unspecified atom stereocenters. The fraction of sp³-hybridized carbons (Fsp3) is 0.267. The summed E-state index contributed by atoms with van der Waals surface area (Å²) in [5.41, 5.74) is 5.82. The topological polar surface area (TPSA) is 41.5 Å². The normalized spacial score (nSPS) is 22.9. The third-order valence-corrected chi connectivity index (χ3v) is 7.87. The van der Waals surface area contributed by atoms with Crippen molar-refractivity contribution in [3.63, 3.8) is 0 Å². The van der Waals surface area contributed by atoms with E-state index in [0.717, 1.165) is 42.0 Å². The number of aromatic nitrogens is 2. The maximum Gasteiger partial charge on any atom is 0.151 e. The van der Waals surface area contributed by atoms with Crippen LogP contribution < -0.4 is 9.64 Å². The standard InChI is InChI=1S/C30H28N4O/c1-2-7-29-27(6-1)34(28-11-8-22(17-30(28)35-29)21-12-15-31-16-13-21)26-18-24-9-10-25(19-26)33(24)20-23-5-3-4-14-32-23/h1-8,11-17,24-26H,9-10,18-20H2/t24-,25+,26+. The van der Waals surface area contributed by atoms with Crippen molar-refractivity contribution in [1.29, 1.82) is 0 Å². The summed E-state index contributed by atoms with van der Waals surface area (Å²) in [6, 6.07) is 27.1. The molecule has 3 atom stereocenters. The number of ether oxygens (including phenoxy) is 1. The maximum atomic E-state index is 6.45. The highest BCUT2D eigenvalue weighted by Gasteiger charge is 2.44. The van der Waals surface area contributed by atoms with Gasteiger partial charge in [-0.25, -0.2) is 0 Å². The van der Waals surface area contributed by atoms with E-state index >= 15 is 0 Å². The van der Waals surface area contributed by atoms with Crippen molar-refractivity contribution in [2.75, 3.05) is 4.90 Å². The number of nitrogens with zero attached hydrogens (tertiary/aromatic N) is 4. The summed E-state index contributed by atoms with van der Waals surface area (Å²) in [7, 11) is 0. The Labute approximate surface area is 206 Å². The van der Waals surface area contributed by atoms with Crippen molar-refractivity contribution in [2.45, 2.75) is 50.4 Å². The third-order valence-electron chi connectivity index (χ3n) is 7.87. The predicted octanol–water partition coefficient (Wildman–Crippen LogP) is 6.58. The number of piperidine rings is 1. The summed E-state index contributed by atoms with van der Waals surface area (Å²) >= 11 is 0. The van der Waals surface area contributed by atoms with Gasteiger partial charge in [0.15, 0.2) is 11.5 Å². The molecule has 2 saturated heterocycles. The molecule has 3 aliphatic rings. The van der Waals surface area contributed by atoms with Crippen LogP contribution >= 0.6 is 0 Å².